The van der Waals surface area contributed by atoms with Crippen LogP contribution in [0.4, 0.5) is 0 Å². The van der Waals surface area contributed by atoms with Crippen molar-refractivity contribution in [3.63, 3.8) is 0 Å². The Bertz CT molecular complexity index is 455. The number of hydrogen-bond acceptors (Lipinski definition) is 2. The minimum absolute atomic E-state index is 0. The zero-order chi connectivity index (χ0) is 14.4. The first-order chi connectivity index (χ1) is 8.95. The van der Waals surface area contributed by atoms with E-state index < -0.39 is 0 Å². The fourth-order valence-corrected chi connectivity index (χ4v) is 1.68. The van der Waals surface area contributed by atoms with Crippen LogP contribution in [0.3, 0.4) is 0 Å². The van der Waals surface area contributed by atoms with Crippen molar-refractivity contribution in [1.29, 1.82) is 0 Å². The summed E-state index contributed by atoms with van der Waals surface area (Å²) in [5.74, 6) is 0.727. The zero-order valence-corrected chi connectivity index (χ0v) is 15.1. The summed E-state index contributed by atoms with van der Waals surface area (Å²) >= 11 is 0. The number of aromatic nitrogens is 1. The van der Waals surface area contributed by atoms with Crippen LogP contribution in [-0.2, 0) is 18.4 Å². The van der Waals surface area contributed by atoms with Crippen molar-refractivity contribution in [3.8, 4) is 0 Å². The number of nitrogens with one attached hydrogen (secondary N) is 1. The first-order valence-electron chi connectivity index (χ1n) is 6.18. The molecule has 0 aromatic carbocycles. The van der Waals surface area contributed by atoms with Gasteiger partial charge in [0.1, 0.15) is 0 Å². The van der Waals surface area contributed by atoms with Gasteiger partial charge in [0.15, 0.2) is 5.96 Å². The lowest BCUT2D eigenvalue weighted by Crippen LogP contribution is -2.43. The lowest BCUT2D eigenvalue weighted by Gasteiger charge is -2.22. The predicted molar refractivity (Wildman–Crippen MR) is 92.4 cm³/mol. The summed E-state index contributed by atoms with van der Waals surface area (Å²) in [4.78, 5) is 19.3. The highest BCUT2D eigenvalue weighted by molar-refractivity contribution is 14.0. The van der Waals surface area contributed by atoms with Gasteiger partial charge in [0.05, 0.1) is 13.1 Å². The molecule has 0 aliphatic heterocycles. The highest BCUT2D eigenvalue weighted by Gasteiger charge is 2.10. The average Bonchev–Trinajstić information content (AvgIpc) is 2.75. The minimum Gasteiger partial charge on any atom is -0.353 e. The number of hydrogen-bond donors (Lipinski definition) is 1. The maximum atomic E-state index is 11.5. The van der Waals surface area contributed by atoms with Crippen LogP contribution in [0.25, 0.3) is 0 Å². The second kappa shape index (κ2) is 8.83. The quantitative estimate of drug-likeness (QED) is 0.467. The van der Waals surface area contributed by atoms with Gasteiger partial charge in [-0.2, -0.15) is 0 Å². The van der Waals surface area contributed by atoms with Crippen molar-refractivity contribution in [2.45, 2.75) is 6.54 Å². The van der Waals surface area contributed by atoms with Gasteiger partial charge in [-0.25, -0.2) is 0 Å². The van der Waals surface area contributed by atoms with E-state index in [2.05, 4.69) is 20.9 Å². The molecule has 0 spiro atoms. The maximum Gasteiger partial charge on any atom is 0.241 e. The van der Waals surface area contributed by atoms with E-state index in [0.717, 1.165) is 6.54 Å². The molecule has 0 unspecified atom stereocenters. The van der Waals surface area contributed by atoms with Gasteiger partial charge in [0.2, 0.25) is 5.91 Å². The van der Waals surface area contributed by atoms with Crippen molar-refractivity contribution in [2.24, 2.45) is 12.0 Å². The Balaban J connectivity index is 0.00000361. The van der Waals surface area contributed by atoms with E-state index in [-0.39, 0.29) is 36.4 Å². The van der Waals surface area contributed by atoms with Gasteiger partial charge in [0, 0.05) is 47.1 Å². The molecule has 0 fully saturated rings. The first kappa shape index (κ1) is 18.8. The molecule has 6 nitrogen and oxygen atoms in total. The average molecular weight is 393 g/mol. The molecular weight excluding hydrogens is 369 g/mol. The smallest absolute Gasteiger partial charge is 0.241 e. The van der Waals surface area contributed by atoms with E-state index in [1.165, 1.54) is 5.69 Å². The number of carbonyl (C=O) groups excluding carboxylic acids is 1. The zero-order valence-electron chi connectivity index (χ0n) is 12.8. The Hall–Kier alpha value is -1.25. The number of likely N-dealkylation sites (N-methyl/N-ethyl adjacent to an activating group) is 1. The monoisotopic (exact) mass is 393 g/mol. The second-order valence-electron chi connectivity index (χ2n) is 4.66. The van der Waals surface area contributed by atoms with Gasteiger partial charge < -0.3 is 19.7 Å². The van der Waals surface area contributed by atoms with E-state index in [0.29, 0.717) is 5.96 Å². The Labute approximate surface area is 137 Å². The van der Waals surface area contributed by atoms with Gasteiger partial charge in [-0.05, 0) is 12.1 Å². The Kier molecular flexibility index (Phi) is 8.28. The molecule has 1 rings (SSSR count). The Morgan fingerprint density at radius 1 is 1.40 bits per heavy atom. The Morgan fingerprint density at radius 3 is 2.50 bits per heavy atom. The summed E-state index contributed by atoms with van der Waals surface area (Å²) < 4.78 is 2.06. The lowest BCUT2D eigenvalue weighted by molar-refractivity contribution is -0.127. The van der Waals surface area contributed by atoms with E-state index >= 15 is 0 Å². The van der Waals surface area contributed by atoms with Gasteiger partial charge in [-0.1, -0.05) is 0 Å². The third kappa shape index (κ3) is 5.40. The fourth-order valence-electron chi connectivity index (χ4n) is 1.68. The normalized spacial score (nSPS) is 10.8. The molecule has 0 atom stereocenters. The number of carbonyl (C=O) groups is 1. The molecule has 0 bridgehead atoms. The molecule has 1 N–H and O–H groups in total. The summed E-state index contributed by atoms with van der Waals surface area (Å²) in [5.41, 5.74) is 1.18. The van der Waals surface area contributed by atoms with E-state index in [1.54, 1.807) is 26.0 Å². The summed E-state index contributed by atoms with van der Waals surface area (Å²) in [6, 6.07) is 4.07. The topological polar surface area (TPSA) is 52.9 Å². The number of amides is 1. The van der Waals surface area contributed by atoms with Crippen LogP contribution < -0.4 is 5.32 Å². The van der Waals surface area contributed by atoms with E-state index in [4.69, 9.17) is 0 Å². The van der Waals surface area contributed by atoms with Crippen molar-refractivity contribution in [3.05, 3.63) is 24.0 Å². The van der Waals surface area contributed by atoms with Gasteiger partial charge in [-0.3, -0.25) is 9.79 Å². The largest absolute Gasteiger partial charge is 0.353 e. The molecule has 0 saturated heterocycles. The first-order valence-corrected chi connectivity index (χ1v) is 6.18. The van der Waals surface area contributed by atoms with Crippen LogP contribution in [0.1, 0.15) is 5.69 Å². The van der Waals surface area contributed by atoms with Gasteiger partial charge in [0.25, 0.3) is 0 Å². The van der Waals surface area contributed by atoms with Crippen molar-refractivity contribution in [2.75, 3.05) is 34.7 Å². The van der Waals surface area contributed by atoms with Crippen LogP contribution >= 0.6 is 24.0 Å². The number of halogens is 1. The van der Waals surface area contributed by atoms with Crippen molar-refractivity contribution < 1.29 is 4.79 Å². The highest BCUT2D eigenvalue weighted by atomic mass is 127. The van der Waals surface area contributed by atoms with Crippen LogP contribution in [0.15, 0.2) is 23.3 Å². The molecule has 1 aromatic rings. The summed E-state index contributed by atoms with van der Waals surface area (Å²) in [7, 11) is 9.14. The van der Waals surface area contributed by atoms with Crippen molar-refractivity contribution in [1.82, 2.24) is 19.7 Å². The molecule has 7 heteroatoms. The number of nitrogens with zero attached hydrogens (tertiary/aromatic N) is 4. The molecular formula is C13H24IN5O. The minimum atomic E-state index is 0. The third-order valence-electron chi connectivity index (χ3n) is 2.92. The standard InChI is InChI=1S/C13H23N5O.HI/c1-14-13(15-9-12(19)16(2)3)18(5)10-11-7-6-8-17(11)4;/h6-8H,9-10H2,1-5H3,(H,14,15);1H. The molecule has 0 saturated carbocycles. The number of rotatable bonds is 4. The molecule has 20 heavy (non-hydrogen) atoms. The molecule has 0 aliphatic carbocycles. The van der Waals surface area contributed by atoms with E-state index in [9.17, 15) is 4.79 Å². The SMILES string of the molecule is CN=C(NCC(=O)N(C)C)N(C)Cc1cccn1C.I. The highest BCUT2D eigenvalue weighted by Crippen LogP contribution is 2.03. The summed E-state index contributed by atoms with van der Waals surface area (Å²) in [5, 5.41) is 3.06. The van der Waals surface area contributed by atoms with Crippen LogP contribution in [0, 0.1) is 0 Å². The predicted octanol–water partition coefficient (Wildman–Crippen LogP) is 0.738. The number of guanidine groups is 1. The molecule has 114 valence electrons. The van der Waals surface area contributed by atoms with E-state index in [1.807, 2.05) is 31.3 Å². The maximum absolute atomic E-state index is 11.5. The van der Waals surface area contributed by atoms with Crippen molar-refractivity contribution >= 4 is 35.8 Å². The van der Waals surface area contributed by atoms with Crippen LogP contribution in [0.5, 0.6) is 0 Å². The second-order valence-corrected chi connectivity index (χ2v) is 4.66. The third-order valence-corrected chi connectivity index (χ3v) is 2.92. The number of aryl methyl sites for hydroxylation is 1. The molecule has 1 aromatic heterocycles. The fraction of sp³-hybridized carbons (Fsp3) is 0.538. The summed E-state index contributed by atoms with van der Waals surface area (Å²) in [6.07, 6.45) is 2.01. The lowest BCUT2D eigenvalue weighted by atomic mass is 10.4. The molecule has 0 radical (unpaired) electrons. The van der Waals surface area contributed by atoms with Crippen LogP contribution in [0.2, 0.25) is 0 Å². The van der Waals surface area contributed by atoms with Crippen LogP contribution in [-0.4, -0.2) is 61.0 Å². The molecule has 1 amide bonds. The van der Waals surface area contributed by atoms with Gasteiger partial charge >= 0.3 is 0 Å². The summed E-state index contributed by atoms with van der Waals surface area (Å²) in [6.45, 7) is 0.983. The molecule has 0 aliphatic rings. The number of aliphatic imine (C=N–C) groups is 1. The molecule has 1 heterocycles. The van der Waals surface area contributed by atoms with Gasteiger partial charge in [-0.15, -0.1) is 24.0 Å². The Morgan fingerprint density at radius 2 is 2.05 bits per heavy atom.